The molecule has 0 aliphatic carbocycles. The standard InChI is InChI=1S/C15H30N2O2/c1-3-16-11-15(6-9-19-13-15)12-17-7-4-14(5-8-17)10-18-2/h14,16H,3-13H2,1-2H3. The molecule has 0 amide bonds. The van der Waals surface area contributed by atoms with E-state index >= 15 is 0 Å². The summed E-state index contributed by atoms with van der Waals surface area (Å²) >= 11 is 0. The predicted octanol–water partition coefficient (Wildman–Crippen LogP) is 1.36. The molecule has 0 radical (unpaired) electrons. The van der Waals surface area contributed by atoms with E-state index in [1.165, 1.54) is 38.9 Å². The highest BCUT2D eigenvalue weighted by atomic mass is 16.5. The van der Waals surface area contributed by atoms with E-state index in [0.717, 1.165) is 38.8 Å². The Kier molecular flexibility index (Phi) is 6.07. The molecule has 1 atom stereocenters. The zero-order chi connectivity index (χ0) is 13.6. The van der Waals surface area contributed by atoms with E-state index in [-0.39, 0.29) is 0 Å². The van der Waals surface area contributed by atoms with Crippen LogP contribution in [0, 0.1) is 11.3 Å². The Labute approximate surface area is 117 Å². The summed E-state index contributed by atoms with van der Waals surface area (Å²) < 4.78 is 10.9. The van der Waals surface area contributed by atoms with E-state index < -0.39 is 0 Å². The van der Waals surface area contributed by atoms with Crippen LogP contribution in [0.2, 0.25) is 0 Å². The van der Waals surface area contributed by atoms with Gasteiger partial charge < -0.3 is 19.7 Å². The van der Waals surface area contributed by atoms with Crippen LogP contribution in [0.4, 0.5) is 0 Å². The van der Waals surface area contributed by atoms with Gasteiger partial charge in [0.15, 0.2) is 0 Å². The van der Waals surface area contributed by atoms with Gasteiger partial charge in [-0.05, 0) is 44.8 Å². The van der Waals surface area contributed by atoms with E-state index in [9.17, 15) is 0 Å². The smallest absolute Gasteiger partial charge is 0.0547 e. The van der Waals surface area contributed by atoms with Crippen LogP contribution in [0.15, 0.2) is 0 Å². The van der Waals surface area contributed by atoms with Gasteiger partial charge in [-0.15, -0.1) is 0 Å². The number of rotatable bonds is 7. The summed E-state index contributed by atoms with van der Waals surface area (Å²) in [6, 6.07) is 0. The monoisotopic (exact) mass is 270 g/mol. The summed E-state index contributed by atoms with van der Waals surface area (Å²) in [5.74, 6) is 0.769. The van der Waals surface area contributed by atoms with E-state index in [2.05, 4.69) is 17.1 Å². The first-order chi connectivity index (χ1) is 9.28. The second-order valence-corrected chi connectivity index (χ2v) is 6.26. The Morgan fingerprint density at radius 3 is 2.74 bits per heavy atom. The molecule has 0 saturated carbocycles. The Hall–Kier alpha value is -0.160. The Balaban J connectivity index is 1.78. The number of methoxy groups -OCH3 is 1. The lowest BCUT2D eigenvalue weighted by atomic mass is 9.85. The van der Waals surface area contributed by atoms with Gasteiger partial charge >= 0.3 is 0 Å². The topological polar surface area (TPSA) is 33.7 Å². The maximum Gasteiger partial charge on any atom is 0.0547 e. The molecule has 0 aromatic rings. The highest BCUT2D eigenvalue weighted by molar-refractivity contribution is 4.89. The van der Waals surface area contributed by atoms with Gasteiger partial charge in [-0.1, -0.05) is 6.92 Å². The van der Waals surface area contributed by atoms with E-state index in [4.69, 9.17) is 9.47 Å². The largest absolute Gasteiger partial charge is 0.384 e. The lowest BCUT2D eigenvalue weighted by Gasteiger charge is -2.38. The molecule has 1 N–H and O–H groups in total. The van der Waals surface area contributed by atoms with Crippen molar-refractivity contribution < 1.29 is 9.47 Å². The van der Waals surface area contributed by atoms with Crippen LogP contribution >= 0.6 is 0 Å². The lowest BCUT2D eigenvalue weighted by molar-refractivity contribution is 0.0648. The summed E-state index contributed by atoms with van der Waals surface area (Å²) in [5.41, 5.74) is 0.351. The van der Waals surface area contributed by atoms with Crippen LogP contribution < -0.4 is 5.32 Å². The molecule has 2 rings (SSSR count). The highest BCUT2D eigenvalue weighted by Crippen LogP contribution is 2.30. The number of likely N-dealkylation sites (tertiary alicyclic amines) is 1. The van der Waals surface area contributed by atoms with Gasteiger partial charge in [0.1, 0.15) is 0 Å². The fourth-order valence-corrected chi connectivity index (χ4v) is 3.38. The van der Waals surface area contributed by atoms with E-state index in [1.54, 1.807) is 0 Å². The van der Waals surface area contributed by atoms with Crippen LogP contribution in [0.1, 0.15) is 26.2 Å². The fraction of sp³-hybridized carbons (Fsp3) is 1.00. The van der Waals surface area contributed by atoms with Crippen LogP contribution in [0.25, 0.3) is 0 Å². The van der Waals surface area contributed by atoms with Crippen molar-refractivity contribution in [3.8, 4) is 0 Å². The molecule has 112 valence electrons. The molecule has 2 heterocycles. The van der Waals surface area contributed by atoms with Gasteiger partial charge in [0.2, 0.25) is 0 Å². The third-order valence-electron chi connectivity index (χ3n) is 4.60. The molecule has 0 aromatic heterocycles. The molecule has 2 saturated heterocycles. The summed E-state index contributed by atoms with van der Waals surface area (Å²) in [6.45, 7) is 10.8. The normalized spacial score (nSPS) is 30.0. The van der Waals surface area contributed by atoms with E-state index in [1.807, 2.05) is 7.11 Å². The van der Waals surface area contributed by atoms with Crippen molar-refractivity contribution in [2.45, 2.75) is 26.2 Å². The van der Waals surface area contributed by atoms with Crippen LogP contribution in [0.3, 0.4) is 0 Å². The number of piperidine rings is 1. The zero-order valence-corrected chi connectivity index (χ0v) is 12.6. The average molecular weight is 270 g/mol. The maximum atomic E-state index is 5.67. The minimum absolute atomic E-state index is 0.351. The van der Waals surface area contributed by atoms with Gasteiger partial charge in [0.05, 0.1) is 6.61 Å². The van der Waals surface area contributed by atoms with E-state index in [0.29, 0.717) is 5.41 Å². The predicted molar refractivity (Wildman–Crippen MR) is 77.5 cm³/mol. The first-order valence-corrected chi connectivity index (χ1v) is 7.78. The van der Waals surface area contributed by atoms with Crippen molar-refractivity contribution in [3.63, 3.8) is 0 Å². The molecular formula is C15H30N2O2. The third kappa shape index (κ3) is 4.42. The minimum atomic E-state index is 0.351. The second kappa shape index (κ2) is 7.58. The van der Waals surface area contributed by atoms with Crippen molar-refractivity contribution >= 4 is 0 Å². The molecule has 2 aliphatic heterocycles. The molecule has 2 aliphatic rings. The quantitative estimate of drug-likeness (QED) is 0.757. The molecule has 4 nitrogen and oxygen atoms in total. The van der Waals surface area contributed by atoms with Crippen molar-refractivity contribution in [3.05, 3.63) is 0 Å². The average Bonchev–Trinajstić information content (AvgIpc) is 2.88. The van der Waals surface area contributed by atoms with Gasteiger partial charge in [-0.2, -0.15) is 0 Å². The number of hydrogen-bond donors (Lipinski definition) is 1. The SMILES string of the molecule is CCNCC1(CN2CCC(COC)CC2)CCOC1. The highest BCUT2D eigenvalue weighted by Gasteiger charge is 2.37. The fourth-order valence-electron chi connectivity index (χ4n) is 3.38. The van der Waals surface area contributed by atoms with Gasteiger partial charge in [-0.25, -0.2) is 0 Å². The molecule has 0 spiro atoms. The van der Waals surface area contributed by atoms with Crippen molar-refractivity contribution in [2.75, 3.05) is 59.7 Å². The maximum absolute atomic E-state index is 5.67. The molecule has 0 aromatic carbocycles. The first-order valence-electron chi connectivity index (χ1n) is 7.78. The Bertz CT molecular complexity index is 247. The number of ether oxygens (including phenoxy) is 2. The summed E-state index contributed by atoms with van der Waals surface area (Å²) in [7, 11) is 1.81. The zero-order valence-electron chi connectivity index (χ0n) is 12.6. The Morgan fingerprint density at radius 2 is 2.16 bits per heavy atom. The van der Waals surface area contributed by atoms with Crippen LogP contribution in [-0.4, -0.2) is 64.6 Å². The number of hydrogen-bond acceptors (Lipinski definition) is 4. The van der Waals surface area contributed by atoms with Crippen LogP contribution in [0.5, 0.6) is 0 Å². The van der Waals surface area contributed by atoms with Gasteiger partial charge in [0.25, 0.3) is 0 Å². The third-order valence-corrected chi connectivity index (χ3v) is 4.60. The molecule has 4 heteroatoms. The number of nitrogens with one attached hydrogen (secondary N) is 1. The van der Waals surface area contributed by atoms with Crippen LogP contribution in [-0.2, 0) is 9.47 Å². The molecule has 1 unspecified atom stereocenters. The molecule has 0 bridgehead atoms. The van der Waals surface area contributed by atoms with Crippen molar-refractivity contribution in [1.29, 1.82) is 0 Å². The molecule has 19 heavy (non-hydrogen) atoms. The second-order valence-electron chi connectivity index (χ2n) is 6.26. The lowest BCUT2D eigenvalue weighted by Crippen LogP contribution is -2.47. The molecule has 2 fully saturated rings. The number of nitrogens with zero attached hydrogens (tertiary/aromatic N) is 1. The first kappa shape index (κ1) is 15.2. The van der Waals surface area contributed by atoms with Gasteiger partial charge in [-0.3, -0.25) is 0 Å². The van der Waals surface area contributed by atoms with Crippen molar-refractivity contribution in [1.82, 2.24) is 10.2 Å². The summed E-state index contributed by atoms with van der Waals surface area (Å²) in [4.78, 5) is 2.64. The van der Waals surface area contributed by atoms with Gasteiger partial charge in [0, 0.05) is 38.8 Å². The molecular weight excluding hydrogens is 240 g/mol. The summed E-state index contributed by atoms with van der Waals surface area (Å²) in [6.07, 6.45) is 3.77. The minimum Gasteiger partial charge on any atom is -0.384 e. The summed E-state index contributed by atoms with van der Waals surface area (Å²) in [5, 5.41) is 3.52. The van der Waals surface area contributed by atoms with Crippen molar-refractivity contribution in [2.24, 2.45) is 11.3 Å². The Morgan fingerprint density at radius 1 is 1.37 bits per heavy atom.